The largest absolute Gasteiger partial charge is 0.311 e. The molecule has 2 unspecified atom stereocenters. The Morgan fingerprint density at radius 1 is 1.27 bits per heavy atom. The highest BCUT2D eigenvalue weighted by atomic mass is 15.0. The smallest absolute Gasteiger partial charge is 0.00956 e. The average Bonchev–Trinajstić information content (AvgIpc) is 2.16. The first-order valence-corrected chi connectivity index (χ1v) is 6.74. The van der Waals surface area contributed by atoms with Crippen molar-refractivity contribution in [2.24, 2.45) is 11.3 Å². The number of rotatable bonds is 4. The first-order chi connectivity index (χ1) is 6.98. The van der Waals surface area contributed by atoms with Gasteiger partial charge in [-0.05, 0) is 43.4 Å². The minimum atomic E-state index is 0.575. The fraction of sp³-hybridized carbons (Fsp3) is 1.00. The monoisotopic (exact) mass is 211 g/mol. The third-order valence-electron chi connectivity index (χ3n) is 4.13. The van der Waals surface area contributed by atoms with E-state index in [1.807, 2.05) is 0 Å². The maximum Gasteiger partial charge on any atom is 0.00956 e. The maximum absolute atomic E-state index is 3.84. The Morgan fingerprint density at radius 2 is 1.87 bits per heavy atom. The van der Waals surface area contributed by atoms with Crippen molar-refractivity contribution >= 4 is 0 Å². The molecule has 1 nitrogen and oxygen atoms in total. The van der Waals surface area contributed by atoms with Crippen LogP contribution in [0.25, 0.3) is 0 Å². The summed E-state index contributed by atoms with van der Waals surface area (Å²) in [4.78, 5) is 0. The molecule has 0 aromatic heterocycles. The number of nitrogens with one attached hydrogen (secondary N) is 1. The van der Waals surface area contributed by atoms with Crippen LogP contribution in [-0.4, -0.2) is 12.1 Å². The molecule has 0 saturated heterocycles. The van der Waals surface area contributed by atoms with E-state index < -0.39 is 0 Å². The first kappa shape index (κ1) is 13.0. The van der Waals surface area contributed by atoms with E-state index in [0.29, 0.717) is 5.41 Å². The molecule has 1 saturated carbocycles. The van der Waals surface area contributed by atoms with Gasteiger partial charge in [0.2, 0.25) is 0 Å². The van der Waals surface area contributed by atoms with Crippen molar-refractivity contribution in [1.29, 1.82) is 0 Å². The van der Waals surface area contributed by atoms with Crippen LogP contribution in [0.5, 0.6) is 0 Å². The standard InChI is InChI=1S/C14H29N/c1-6-12(7-2)15-13-8-9-14(4,5)10-11(13)3/h11-13,15H,6-10H2,1-5H3. The molecule has 0 bridgehead atoms. The Kier molecular flexibility index (Phi) is 4.64. The summed E-state index contributed by atoms with van der Waals surface area (Å²) >= 11 is 0. The molecular formula is C14H29N. The van der Waals surface area contributed by atoms with Crippen LogP contribution in [0.4, 0.5) is 0 Å². The zero-order valence-electron chi connectivity index (χ0n) is 11.3. The molecule has 0 heterocycles. The molecule has 1 aliphatic rings. The van der Waals surface area contributed by atoms with Gasteiger partial charge in [0.1, 0.15) is 0 Å². The van der Waals surface area contributed by atoms with Crippen molar-refractivity contribution in [2.45, 2.75) is 78.8 Å². The third-order valence-corrected chi connectivity index (χ3v) is 4.13. The Morgan fingerprint density at radius 3 is 2.33 bits per heavy atom. The van der Waals surface area contributed by atoms with Crippen molar-refractivity contribution in [1.82, 2.24) is 5.32 Å². The van der Waals surface area contributed by atoms with Gasteiger partial charge in [-0.2, -0.15) is 0 Å². The van der Waals surface area contributed by atoms with Crippen LogP contribution >= 0.6 is 0 Å². The molecule has 1 aliphatic carbocycles. The van der Waals surface area contributed by atoms with Gasteiger partial charge in [0.05, 0.1) is 0 Å². The molecule has 0 aromatic carbocycles. The first-order valence-electron chi connectivity index (χ1n) is 6.74. The van der Waals surface area contributed by atoms with Crippen LogP contribution in [-0.2, 0) is 0 Å². The highest BCUT2D eigenvalue weighted by molar-refractivity contribution is 4.88. The summed E-state index contributed by atoms with van der Waals surface area (Å²) in [5.41, 5.74) is 0.575. The average molecular weight is 211 g/mol. The molecule has 1 N–H and O–H groups in total. The SMILES string of the molecule is CCC(CC)NC1CCC(C)(C)CC1C. The minimum Gasteiger partial charge on any atom is -0.311 e. The van der Waals surface area contributed by atoms with Gasteiger partial charge in [-0.25, -0.2) is 0 Å². The van der Waals surface area contributed by atoms with Gasteiger partial charge in [0, 0.05) is 12.1 Å². The lowest BCUT2D eigenvalue weighted by Crippen LogP contribution is -2.45. The van der Waals surface area contributed by atoms with E-state index in [4.69, 9.17) is 0 Å². The second-order valence-electron chi connectivity index (χ2n) is 6.17. The lowest BCUT2D eigenvalue weighted by molar-refractivity contribution is 0.140. The van der Waals surface area contributed by atoms with Crippen LogP contribution < -0.4 is 5.32 Å². The molecule has 0 aliphatic heterocycles. The fourth-order valence-corrected chi connectivity index (χ4v) is 3.02. The second kappa shape index (κ2) is 5.34. The van der Waals surface area contributed by atoms with Crippen molar-refractivity contribution in [3.63, 3.8) is 0 Å². The number of hydrogen-bond acceptors (Lipinski definition) is 1. The van der Waals surface area contributed by atoms with Crippen molar-refractivity contribution in [3.05, 3.63) is 0 Å². The van der Waals surface area contributed by atoms with Gasteiger partial charge in [0.25, 0.3) is 0 Å². The Bertz CT molecular complexity index is 182. The maximum atomic E-state index is 3.84. The molecule has 1 fully saturated rings. The Labute approximate surface area is 96.0 Å². The fourth-order valence-electron chi connectivity index (χ4n) is 3.02. The van der Waals surface area contributed by atoms with Gasteiger partial charge in [0.15, 0.2) is 0 Å². The third kappa shape index (κ3) is 3.79. The van der Waals surface area contributed by atoms with E-state index in [1.54, 1.807) is 0 Å². The summed E-state index contributed by atoms with van der Waals surface area (Å²) in [5.74, 6) is 0.842. The van der Waals surface area contributed by atoms with Crippen LogP contribution in [0.1, 0.15) is 66.7 Å². The molecule has 2 atom stereocenters. The van der Waals surface area contributed by atoms with Crippen LogP contribution in [0, 0.1) is 11.3 Å². The molecule has 0 aromatic rings. The van der Waals surface area contributed by atoms with E-state index in [1.165, 1.54) is 32.1 Å². The molecule has 15 heavy (non-hydrogen) atoms. The predicted molar refractivity (Wildman–Crippen MR) is 68.1 cm³/mol. The van der Waals surface area contributed by atoms with Gasteiger partial charge in [-0.3, -0.25) is 0 Å². The van der Waals surface area contributed by atoms with E-state index in [9.17, 15) is 0 Å². The lowest BCUT2D eigenvalue weighted by atomic mass is 9.70. The molecule has 1 rings (SSSR count). The Balaban J connectivity index is 2.44. The number of hydrogen-bond donors (Lipinski definition) is 1. The van der Waals surface area contributed by atoms with Crippen molar-refractivity contribution < 1.29 is 0 Å². The van der Waals surface area contributed by atoms with Crippen molar-refractivity contribution in [3.8, 4) is 0 Å². The van der Waals surface area contributed by atoms with Crippen LogP contribution in [0.15, 0.2) is 0 Å². The minimum absolute atomic E-state index is 0.575. The van der Waals surface area contributed by atoms with Gasteiger partial charge in [-0.1, -0.05) is 34.6 Å². The zero-order chi connectivity index (χ0) is 11.5. The highest BCUT2D eigenvalue weighted by Crippen LogP contribution is 2.38. The summed E-state index contributed by atoms with van der Waals surface area (Å²) in [6.45, 7) is 11.8. The molecule has 0 radical (unpaired) electrons. The van der Waals surface area contributed by atoms with E-state index >= 15 is 0 Å². The van der Waals surface area contributed by atoms with Gasteiger partial charge < -0.3 is 5.32 Å². The summed E-state index contributed by atoms with van der Waals surface area (Å²) in [7, 11) is 0. The zero-order valence-corrected chi connectivity index (χ0v) is 11.3. The molecule has 0 amide bonds. The topological polar surface area (TPSA) is 12.0 Å². The lowest BCUT2D eigenvalue weighted by Gasteiger charge is -2.41. The van der Waals surface area contributed by atoms with E-state index in [0.717, 1.165) is 18.0 Å². The van der Waals surface area contributed by atoms with Gasteiger partial charge >= 0.3 is 0 Å². The van der Waals surface area contributed by atoms with E-state index in [-0.39, 0.29) is 0 Å². The molecule has 1 heteroatoms. The molecule has 90 valence electrons. The molecular weight excluding hydrogens is 182 g/mol. The summed E-state index contributed by atoms with van der Waals surface area (Å²) < 4.78 is 0. The van der Waals surface area contributed by atoms with Gasteiger partial charge in [-0.15, -0.1) is 0 Å². The Hall–Kier alpha value is -0.0400. The molecule has 0 spiro atoms. The summed E-state index contributed by atoms with van der Waals surface area (Å²) in [5, 5.41) is 3.84. The second-order valence-corrected chi connectivity index (χ2v) is 6.17. The van der Waals surface area contributed by atoms with Crippen LogP contribution in [0.2, 0.25) is 0 Å². The summed E-state index contributed by atoms with van der Waals surface area (Å²) in [6, 6.07) is 1.50. The van der Waals surface area contributed by atoms with Crippen LogP contribution in [0.3, 0.4) is 0 Å². The van der Waals surface area contributed by atoms with Crippen molar-refractivity contribution in [2.75, 3.05) is 0 Å². The quantitative estimate of drug-likeness (QED) is 0.741. The summed E-state index contributed by atoms with van der Waals surface area (Å²) in [6.07, 6.45) is 6.66. The predicted octanol–water partition coefficient (Wildman–Crippen LogP) is 3.98. The van der Waals surface area contributed by atoms with E-state index in [2.05, 4.69) is 39.9 Å². The normalized spacial score (nSPS) is 30.8. The highest BCUT2D eigenvalue weighted by Gasteiger charge is 2.32.